The maximum Gasteiger partial charge on any atom is 0.191 e. The number of guanidine groups is 1. The third kappa shape index (κ3) is 7.27. The van der Waals surface area contributed by atoms with E-state index in [1.54, 1.807) is 0 Å². The van der Waals surface area contributed by atoms with Gasteiger partial charge in [-0.25, -0.2) is 0 Å². The number of nitrogens with zero attached hydrogens (tertiary/aromatic N) is 2. The molecule has 5 heteroatoms. The summed E-state index contributed by atoms with van der Waals surface area (Å²) in [5.41, 5.74) is 0. The Bertz CT molecular complexity index is 424. The molecule has 0 atom stereocenters. The number of aryl methyl sites for hydroxylation is 1. The fourth-order valence-electron chi connectivity index (χ4n) is 2.31. The highest BCUT2D eigenvalue weighted by Gasteiger charge is 2.02. The van der Waals surface area contributed by atoms with Gasteiger partial charge in [0.15, 0.2) is 5.96 Å². The molecule has 1 aromatic heterocycles. The zero-order valence-corrected chi connectivity index (χ0v) is 15.4. The average Bonchev–Trinajstić information content (AvgIpc) is 3.01. The highest BCUT2D eigenvalue weighted by molar-refractivity contribution is 7.11. The number of hydrogen-bond acceptors (Lipinski definition) is 3. The molecular formula is C17H32N4S. The van der Waals surface area contributed by atoms with Gasteiger partial charge in [-0.2, -0.15) is 0 Å². The molecule has 0 aliphatic rings. The van der Waals surface area contributed by atoms with Crippen LogP contribution < -0.4 is 10.6 Å². The Balaban J connectivity index is 2.17. The maximum absolute atomic E-state index is 4.28. The quantitative estimate of drug-likeness (QED) is 0.395. The third-order valence-corrected chi connectivity index (χ3v) is 5.04. The van der Waals surface area contributed by atoms with Crippen molar-refractivity contribution in [3.63, 3.8) is 0 Å². The second-order valence-electron chi connectivity index (χ2n) is 5.31. The smallest absolute Gasteiger partial charge is 0.191 e. The zero-order valence-electron chi connectivity index (χ0n) is 14.6. The van der Waals surface area contributed by atoms with Gasteiger partial charge in [-0.1, -0.05) is 20.8 Å². The summed E-state index contributed by atoms with van der Waals surface area (Å²) in [4.78, 5) is 9.55. The van der Waals surface area contributed by atoms with Crippen molar-refractivity contribution in [1.29, 1.82) is 0 Å². The summed E-state index contributed by atoms with van der Waals surface area (Å²) in [6, 6.07) is 4.42. The first-order chi connectivity index (χ1) is 10.7. The summed E-state index contributed by atoms with van der Waals surface area (Å²) in [6.45, 7) is 12.0. The minimum absolute atomic E-state index is 0.851. The van der Waals surface area contributed by atoms with Gasteiger partial charge in [0.25, 0.3) is 0 Å². The molecule has 0 radical (unpaired) electrons. The van der Waals surface area contributed by atoms with Crippen molar-refractivity contribution in [3.8, 4) is 0 Å². The van der Waals surface area contributed by atoms with Gasteiger partial charge in [-0.3, -0.25) is 4.99 Å². The monoisotopic (exact) mass is 324 g/mol. The molecule has 1 aromatic rings. The van der Waals surface area contributed by atoms with E-state index >= 15 is 0 Å². The van der Waals surface area contributed by atoms with E-state index in [0.717, 1.165) is 38.6 Å². The van der Waals surface area contributed by atoms with Gasteiger partial charge in [-0.15, -0.1) is 11.3 Å². The van der Waals surface area contributed by atoms with Crippen LogP contribution in [0.3, 0.4) is 0 Å². The number of nitrogens with one attached hydrogen (secondary N) is 2. The second-order valence-corrected chi connectivity index (χ2v) is 6.56. The molecule has 0 aromatic carbocycles. The molecule has 22 heavy (non-hydrogen) atoms. The lowest BCUT2D eigenvalue weighted by atomic mass is 10.3. The maximum atomic E-state index is 4.28. The van der Waals surface area contributed by atoms with Gasteiger partial charge < -0.3 is 15.5 Å². The fourth-order valence-corrected chi connectivity index (χ4v) is 3.20. The molecule has 1 rings (SSSR count). The number of hydrogen-bond donors (Lipinski definition) is 2. The first-order valence-electron chi connectivity index (χ1n) is 8.47. The lowest BCUT2D eigenvalue weighted by Gasteiger charge is -2.17. The van der Waals surface area contributed by atoms with Crippen LogP contribution in [0.5, 0.6) is 0 Å². The fraction of sp³-hybridized carbons (Fsp3) is 0.706. The van der Waals surface area contributed by atoms with E-state index in [1.807, 2.05) is 18.4 Å². The third-order valence-electron chi connectivity index (χ3n) is 3.81. The van der Waals surface area contributed by atoms with E-state index in [0.29, 0.717) is 0 Å². The Kier molecular flexibility index (Phi) is 9.91. The molecule has 2 N–H and O–H groups in total. The van der Waals surface area contributed by atoms with E-state index in [2.05, 4.69) is 53.4 Å². The van der Waals surface area contributed by atoms with Crippen molar-refractivity contribution in [3.05, 3.63) is 21.9 Å². The van der Waals surface area contributed by atoms with Crippen molar-refractivity contribution in [2.24, 2.45) is 4.99 Å². The number of thiophene rings is 1. The van der Waals surface area contributed by atoms with Crippen LogP contribution in [0.15, 0.2) is 17.1 Å². The summed E-state index contributed by atoms with van der Waals surface area (Å²) in [5, 5.41) is 6.78. The summed E-state index contributed by atoms with van der Waals surface area (Å²) in [6.07, 6.45) is 3.52. The molecular weight excluding hydrogens is 292 g/mol. The van der Waals surface area contributed by atoms with E-state index < -0.39 is 0 Å². The second kappa shape index (κ2) is 11.5. The van der Waals surface area contributed by atoms with Crippen molar-refractivity contribution in [1.82, 2.24) is 15.5 Å². The Morgan fingerprint density at radius 2 is 1.82 bits per heavy atom. The normalized spacial score (nSPS) is 12.0. The Morgan fingerprint density at radius 3 is 2.41 bits per heavy atom. The standard InChI is InChI=1S/C17H32N4S/c1-5-15-10-11-16(22-15)14-20-17(18-4)19-12-8-9-13-21(6-2)7-3/h10-11H,5-9,12-14H2,1-4H3,(H2,18,19,20). The van der Waals surface area contributed by atoms with Crippen LogP contribution >= 0.6 is 11.3 Å². The van der Waals surface area contributed by atoms with Crippen LogP contribution in [0.25, 0.3) is 0 Å². The Morgan fingerprint density at radius 1 is 1.09 bits per heavy atom. The van der Waals surface area contributed by atoms with E-state index in [4.69, 9.17) is 0 Å². The van der Waals surface area contributed by atoms with E-state index in [1.165, 1.54) is 29.1 Å². The predicted octanol–water partition coefficient (Wildman–Crippen LogP) is 3.10. The van der Waals surface area contributed by atoms with Gasteiger partial charge >= 0.3 is 0 Å². The summed E-state index contributed by atoms with van der Waals surface area (Å²) in [5.74, 6) is 0.897. The molecule has 126 valence electrons. The highest BCUT2D eigenvalue weighted by atomic mass is 32.1. The van der Waals surface area contributed by atoms with Crippen molar-refractivity contribution < 1.29 is 0 Å². The number of rotatable bonds is 10. The van der Waals surface area contributed by atoms with Crippen LogP contribution in [0.2, 0.25) is 0 Å². The summed E-state index contributed by atoms with van der Waals surface area (Å²) >= 11 is 1.87. The Labute approximate surface area is 140 Å². The lowest BCUT2D eigenvalue weighted by Crippen LogP contribution is -2.37. The first kappa shape index (κ1) is 19.0. The molecule has 4 nitrogen and oxygen atoms in total. The average molecular weight is 325 g/mol. The Hall–Kier alpha value is -1.07. The van der Waals surface area contributed by atoms with Gasteiger partial charge in [0.05, 0.1) is 6.54 Å². The van der Waals surface area contributed by atoms with E-state index in [9.17, 15) is 0 Å². The zero-order chi connectivity index (χ0) is 16.2. The lowest BCUT2D eigenvalue weighted by molar-refractivity contribution is 0.297. The van der Waals surface area contributed by atoms with Gasteiger partial charge in [0, 0.05) is 23.3 Å². The molecule has 0 unspecified atom stereocenters. The largest absolute Gasteiger partial charge is 0.356 e. The molecule has 0 amide bonds. The van der Waals surface area contributed by atoms with Crippen molar-refractivity contribution in [2.45, 2.75) is 46.6 Å². The topological polar surface area (TPSA) is 39.7 Å². The molecule has 0 fully saturated rings. The van der Waals surface area contributed by atoms with Crippen LogP contribution in [-0.2, 0) is 13.0 Å². The van der Waals surface area contributed by atoms with Crippen LogP contribution in [0.4, 0.5) is 0 Å². The van der Waals surface area contributed by atoms with Gasteiger partial charge in [-0.05, 0) is 51.0 Å². The van der Waals surface area contributed by atoms with Crippen LogP contribution in [0, 0.1) is 0 Å². The van der Waals surface area contributed by atoms with Crippen LogP contribution in [-0.4, -0.2) is 44.1 Å². The van der Waals surface area contributed by atoms with E-state index in [-0.39, 0.29) is 0 Å². The minimum Gasteiger partial charge on any atom is -0.356 e. The number of unbranched alkanes of at least 4 members (excludes halogenated alkanes) is 1. The predicted molar refractivity (Wildman–Crippen MR) is 98.9 cm³/mol. The molecule has 0 bridgehead atoms. The minimum atomic E-state index is 0.851. The highest BCUT2D eigenvalue weighted by Crippen LogP contribution is 2.16. The summed E-state index contributed by atoms with van der Waals surface area (Å²) in [7, 11) is 1.83. The SMILES string of the molecule is CCc1ccc(CNC(=NC)NCCCCN(CC)CC)s1. The summed E-state index contributed by atoms with van der Waals surface area (Å²) < 4.78 is 0. The van der Waals surface area contributed by atoms with Crippen molar-refractivity contribution >= 4 is 17.3 Å². The molecule has 0 saturated heterocycles. The molecule has 0 aliphatic carbocycles. The van der Waals surface area contributed by atoms with Crippen LogP contribution in [0.1, 0.15) is 43.4 Å². The molecule has 0 aliphatic heterocycles. The van der Waals surface area contributed by atoms with Gasteiger partial charge in [0.1, 0.15) is 0 Å². The van der Waals surface area contributed by atoms with Gasteiger partial charge in [0.2, 0.25) is 0 Å². The first-order valence-corrected chi connectivity index (χ1v) is 9.29. The molecule has 1 heterocycles. The molecule has 0 spiro atoms. The number of aliphatic imine (C=N–C) groups is 1. The molecule has 0 saturated carbocycles. The van der Waals surface area contributed by atoms with Crippen molar-refractivity contribution in [2.75, 3.05) is 33.2 Å².